The Balaban J connectivity index is 0.00000392. The van der Waals surface area contributed by atoms with E-state index in [1.54, 1.807) is 18.2 Å². The molecule has 2 rings (SSSR count). The highest BCUT2D eigenvalue weighted by Crippen LogP contribution is 2.30. The molecule has 29 heavy (non-hydrogen) atoms. The maximum atomic E-state index is 12.4. The van der Waals surface area contributed by atoms with Gasteiger partial charge < -0.3 is 25.5 Å². The van der Waals surface area contributed by atoms with Crippen molar-refractivity contribution in [2.75, 3.05) is 13.2 Å². The Labute approximate surface area is 171 Å². The van der Waals surface area contributed by atoms with Crippen LogP contribution < -0.4 is 4.74 Å². The lowest BCUT2D eigenvalue weighted by molar-refractivity contribution is -0.114. The van der Waals surface area contributed by atoms with Gasteiger partial charge in [0.15, 0.2) is 5.78 Å². The van der Waals surface area contributed by atoms with Crippen LogP contribution in [-0.4, -0.2) is 41.0 Å². The van der Waals surface area contributed by atoms with Gasteiger partial charge in [-0.15, -0.1) is 0 Å². The number of phenolic OH excluding ortho intramolecular Hbond substituents is 1. The van der Waals surface area contributed by atoms with E-state index in [1.807, 2.05) is 6.08 Å². The number of allylic oxidation sites excluding steroid dienone is 2. The fraction of sp³-hybridized carbons (Fsp3) is 0.455. The largest absolute Gasteiger partial charge is 0.507 e. The lowest BCUT2D eigenvalue weighted by Crippen LogP contribution is -2.09. The first-order chi connectivity index (χ1) is 13.1. The third kappa shape index (κ3) is 8.93. The van der Waals surface area contributed by atoms with Crippen LogP contribution in [0.2, 0.25) is 0 Å². The highest BCUT2D eigenvalue weighted by atomic mass is 16.5. The first kappa shape index (κ1) is 26.4. The Bertz CT molecular complexity index is 707. The summed E-state index contributed by atoms with van der Waals surface area (Å²) >= 11 is 0. The molecule has 0 saturated carbocycles. The van der Waals surface area contributed by atoms with Gasteiger partial charge in [0.25, 0.3) is 0 Å². The normalized spacial score (nSPS) is 16.9. The van der Waals surface area contributed by atoms with Crippen LogP contribution in [0.25, 0.3) is 6.08 Å². The van der Waals surface area contributed by atoms with Gasteiger partial charge in [-0.25, -0.2) is 4.79 Å². The molecule has 1 aliphatic heterocycles. The van der Waals surface area contributed by atoms with Crippen molar-refractivity contribution in [1.29, 1.82) is 0 Å². The van der Waals surface area contributed by atoms with Gasteiger partial charge >= 0.3 is 5.97 Å². The molecule has 1 aromatic rings. The Morgan fingerprint density at radius 3 is 2.59 bits per heavy atom. The smallest absolute Gasteiger partial charge is 0.342 e. The van der Waals surface area contributed by atoms with Crippen LogP contribution in [0.15, 0.2) is 30.4 Å². The van der Waals surface area contributed by atoms with E-state index in [9.17, 15) is 14.7 Å². The predicted octanol–water partition coefficient (Wildman–Crippen LogP) is 3.18. The van der Waals surface area contributed by atoms with Gasteiger partial charge in [0.05, 0.1) is 13.2 Å². The van der Waals surface area contributed by atoms with Crippen molar-refractivity contribution in [3.05, 3.63) is 41.5 Å². The van der Waals surface area contributed by atoms with E-state index in [-0.39, 0.29) is 34.7 Å². The minimum absolute atomic E-state index is 0. The molecule has 0 fully saturated rings. The summed E-state index contributed by atoms with van der Waals surface area (Å²) in [6.07, 6.45) is 12.4. The monoisotopic (exact) mass is 408 g/mol. The van der Waals surface area contributed by atoms with Crippen molar-refractivity contribution in [3.8, 4) is 11.5 Å². The molecule has 0 bridgehead atoms. The van der Waals surface area contributed by atoms with E-state index in [0.717, 1.165) is 25.7 Å². The number of carbonyl (C=O) groups is 2. The Morgan fingerprint density at radius 1 is 1.07 bits per heavy atom. The quantitative estimate of drug-likeness (QED) is 0.589. The second-order valence-electron chi connectivity index (χ2n) is 6.55. The average molecular weight is 408 g/mol. The van der Waals surface area contributed by atoms with Gasteiger partial charge in [-0.2, -0.15) is 0 Å². The molecule has 1 heterocycles. The Kier molecular flexibility index (Phi) is 13.1. The van der Waals surface area contributed by atoms with Gasteiger partial charge in [-0.3, -0.25) is 4.79 Å². The lowest BCUT2D eigenvalue weighted by atomic mass is 10.0. The number of benzene rings is 1. The second kappa shape index (κ2) is 14.4. The van der Waals surface area contributed by atoms with Crippen LogP contribution >= 0.6 is 0 Å². The average Bonchev–Trinajstić information content (AvgIpc) is 2.63. The second-order valence-corrected chi connectivity index (χ2v) is 6.55. The number of rotatable bonds is 5. The minimum Gasteiger partial charge on any atom is -0.507 e. The number of hydrogen-bond acceptors (Lipinski definition) is 5. The molecular formula is C22H32O7. The van der Waals surface area contributed by atoms with Crippen molar-refractivity contribution in [2.45, 2.75) is 51.9 Å². The molecule has 0 amide bonds. The molecule has 0 saturated heterocycles. The van der Waals surface area contributed by atoms with Crippen LogP contribution in [0.1, 0.15) is 67.8 Å². The van der Waals surface area contributed by atoms with Crippen LogP contribution in [-0.2, 0) is 9.53 Å². The summed E-state index contributed by atoms with van der Waals surface area (Å²) in [5.74, 6) is -0.126. The SMILES string of the molecule is CCCCCOc1cc(O)c2c(c1)/C=C/CCCC(=O)/C=C\CCOC2=O.O.O. The fourth-order valence-corrected chi connectivity index (χ4v) is 2.80. The molecule has 0 atom stereocenters. The van der Waals surface area contributed by atoms with Crippen LogP contribution in [0, 0.1) is 0 Å². The Hall–Kier alpha value is -2.64. The lowest BCUT2D eigenvalue weighted by Gasteiger charge is -2.13. The zero-order valence-electron chi connectivity index (χ0n) is 16.9. The van der Waals surface area contributed by atoms with Crippen molar-refractivity contribution in [2.24, 2.45) is 0 Å². The van der Waals surface area contributed by atoms with Crippen molar-refractivity contribution in [1.82, 2.24) is 0 Å². The number of ether oxygens (including phenoxy) is 2. The summed E-state index contributed by atoms with van der Waals surface area (Å²) < 4.78 is 11.0. The molecule has 5 N–H and O–H groups in total. The predicted molar refractivity (Wildman–Crippen MR) is 112 cm³/mol. The van der Waals surface area contributed by atoms with E-state index < -0.39 is 5.97 Å². The number of phenols is 1. The number of carbonyl (C=O) groups excluding carboxylic acids is 2. The van der Waals surface area contributed by atoms with Crippen LogP contribution in [0.5, 0.6) is 11.5 Å². The standard InChI is InChI=1S/C22H28O5.2H2O/c1-2-3-8-13-26-19-15-17-10-5-4-6-11-18(23)12-7-9-14-27-22(25)21(17)20(24)16-19;;/h5,7,10,12,15-16,24H,2-4,6,8-9,11,13-14H2,1H3;2*1H2/b10-5+,12-7-;;. The summed E-state index contributed by atoms with van der Waals surface area (Å²) in [6, 6.07) is 3.21. The molecule has 0 aliphatic carbocycles. The first-order valence-electron chi connectivity index (χ1n) is 9.64. The van der Waals surface area contributed by atoms with E-state index in [2.05, 4.69) is 6.92 Å². The topological polar surface area (TPSA) is 136 Å². The third-order valence-corrected chi connectivity index (χ3v) is 4.26. The number of unbranched alkanes of at least 4 members (excludes halogenated alkanes) is 2. The van der Waals surface area contributed by atoms with Crippen molar-refractivity contribution >= 4 is 17.8 Å². The molecule has 7 nitrogen and oxygen atoms in total. The van der Waals surface area contributed by atoms with Crippen molar-refractivity contribution < 1.29 is 35.1 Å². The van der Waals surface area contributed by atoms with Gasteiger partial charge in [-0.1, -0.05) is 38.0 Å². The molecule has 1 aliphatic rings. The molecule has 0 aromatic heterocycles. The van der Waals surface area contributed by atoms with Gasteiger partial charge in [0.2, 0.25) is 0 Å². The van der Waals surface area contributed by atoms with Gasteiger partial charge in [0.1, 0.15) is 17.1 Å². The number of aromatic hydroxyl groups is 1. The third-order valence-electron chi connectivity index (χ3n) is 4.26. The number of ketones is 1. The highest BCUT2D eigenvalue weighted by molar-refractivity contribution is 5.97. The van der Waals surface area contributed by atoms with Gasteiger partial charge in [-0.05, 0) is 43.4 Å². The van der Waals surface area contributed by atoms with Gasteiger partial charge in [0, 0.05) is 12.5 Å². The molecular weight excluding hydrogens is 376 g/mol. The summed E-state index contributed by atoms with van der Waals surface area (Å²) in [7, 11) is 0. The number of cyclic esters (lactones) is 1. The fourth-order valence-electron chi connectivity index (χ4n) is 2.80. The molecule has 7 heteroatoms. The first-order valence-corrected chi connectivity index (χ1v) is 9.64. The van der Waals surface area contributed by atoms with Crippen molar-refractivity contribution in [3.63, 3.8) is 0 Å². The number of fused-ring (bicyclic) bond motifs is 1. The molecule has 0 spiro atoms. The molecule has 0 unspecified atom stereocenters. The summed E-state index contributed by atoms with van der Waals surface area (Å²) in [4.78, 5) is 24.1. The van der Waals surface area contributed by atoms with E-state index in [0.29, 0.717) is 37.2 Å². The van der Waals surface area contributed by atoms with E-state index in [1.165, 1.54) is 12.1 Å². The zero-order chi connectivity index (χ0) is 19.5. The van der Waals surface area contributed by atoms with Crippen LogP contribution in [0.3, 0.4) is 0 Å². The minimum atomic E-state index is -0.582. The van der Waals surface area contributed by atoms with E-state index in [4.69, 9.17) is 9.47 Å². The maximum absolute atomic E-state index is 12.4. The number of hydrogen-bond donors (Lipinski definition) is 1. The van der Waals surface area contributed by atoms with Crippen LogP contribution in [0.4, 0.5) is 0 Å². The highest BCUT2D eigenvalue weighted by Gasteiger charge is 2.18. The van der Waals surface area contributed by atoms with E-state index >= 15 is 0 Å². The summed E-state index contributed by atoms with van der Waals surface area (Å²) in [5.41, 5.74) is 0.702. The summed E-state index contributed by atoms with van der Waals surface area (Å²) in [5, 5.41) is 10.4. The molecule has 0 radical (unpaired) electrons. The Morgan fingerprint density at radius 2 is 1.83 bits per heavy atom. The molecule has 162 valence electrons. The zero-order valence-corrected chi connectivity index (χ0v) is 16.9. The molecule has 1 aromatic carbocycles. The summed E-state index contributed by atoms with van der Waals surface area (Å²) in [6.45, 7) is 2.84. The maximum Gasteiger partial charge on any atom is 0.342 e. The number of esters is 1.